The molecule has 0 spiro atoms. The van der Waals surface area contributed by atoms with Gasteiger partial charge in [0.2, 0.25) is 11.8 Å². The number of halogens is 3. The summed E-state index contributed by atoms with van der Waals surface area (Å²) in [7, 11) is 0. The number of nitriles is 1. The van der Waals surface area contributed by atoms with Gasteiger partial charge in [-0.1, -0.05) is 48.2 Å². The molecular weight excluding hydrogens is 603 g/mol. The lowest BCUT2D eigenvalue weighted by molar-refractivity contribution is -0.138. The van der Waals surface area contributed by atoms with Gasteiger partial charge in [-0.05, 0) is 41.8 Å². The number of rotatable bonds is 8. The number of carbonyl (C=O) groups excluding carboxylic acids is 4. The predicted molar refractivity (Wildman–Crippen MR) is 152 cm³/mol. The highest BCUT2D eigenvalue weighted by atomic mass is 32.2. The third kappa shape index (κ3) is 6.35. The molecule has 0 N–H and O–H groups in total. The number of ketones is 1. The molecular formula is C30H18F3N3O5S2. The van der Waals surface area contributed by atoms with Crippen LogP contribution < -0.4 is 4.90 Å². The van der Waals surface area contributed by atoms with Crippen LogP contribution in [0.1, 0.15) is 38.3 Å². The van der Waals surface area contributed by atoms with E-state index in [9.17, 15) is 37.6 Å². The van der Waals surface area contributed by atoms with Crippen molar-refractivity contribution >= 4 is 52.4 Å². The van der Waals surface area contributed by atoms with Crippen molar-refractivity contribution in [1.82, 2.24) is 4.98 Å². The van der Waals surface area contributed by atoms with Crippen LogP contribution in [0.3, 0.4) is 0 Å². The Hall–Kier alpha value is -4.80. The molecule has 8 nitrogen and oxygen atoms in total. The number of carbonyl (C=O) groups is 4. The van der Waals surface area contributed by atoms with Crippen LogP contribution in [0.2, 0.25) is 0 Å². The SMILES string of the molecule is N#Cc1c(C(F)(F)F)cc(-c2cccs2)nc1SC1CC(=O)N(c2ccc(C(=O)OCC(=O)c3ccccc3)cc2)C1=O. The summed E-state index contributed by atoms with van der Waals surface area (Å²) in [4.78, 5) is 56.3. The van der Waals surface area contributed by atoms with E-state index in [0.717, 1.165) is 22.3 Å². The second kappa shape index (κ2) is 12.2. The first-order valence-electron chi connectivity index (χ1n) is 12.5. The minimum atomic E-state index is -4.85. The molecule has 1 saturated heterocycles. The molecule has 13 heteroatoms. The molecule has 2 amide bonds. The minimum Gasteiger partial charge on any atom is -0.454 e. The highest BCUT2D eigenvalue weighted by Gasteiger charge is 2.42. The Morgan fingerprint density at radius 2 is 1.77 bits per heavy atom. The molecule has 0 saturated carbocycles. The zero-order chi connectivity index (χ0) is 30.7. The van der Waals surface area contributed by atoms with E-state index in [1.165, 1.54) is 24.3 Å². The Morgan fingerprint density at radius 3 is 2.40 bits per heavy atom. The van der Waals surface area contributed by atoms with Crippen LogP contribution in [0.25, 0.3) is 10.6 Å². The zero-order valence-corrected chi connectivity index (χ0v) is 23.5. The van der Waals surface area contributed by atoms with E-state index in [2.05, 4.69) is 4.98 Å². The maximum absolute atomic E-state index is 13.9. The second-order valence-electron chi connectivity index (χ2n) is 9.11. The first-order valence-corrected chi connectivity index (χ1v) is 14.3. The Kier molecular flexibility index (Phi) is 8.43. The zero-order valence-electron chi connectivity index (χ0n) is 21.8. The molecule has 1 unspecified atom stereocenters. The summed E-state index contributed by atoms with van der Waals surface area (Å²) in [5, 5.41) is 9.81. The number of esters is 1. The van der Waals surface area contributed by atoms with Crippen molar-refractivity contribution in [2.24, 2.45) is 0 Å². The molecule has 2 aromatic carbocycles. The number of Topliss-reactive ketones (excluding diaryl/α,β-unsaturated/α-hetero) is 1. The van der Waals surface area contributed by atoms with Crippen LogP contribution in [0.5, 0.6) is 0 Å². The van der Waals surface area contributed by atoms with Gasteiger partial charge in [0.1, 0.15) is 11.1 Å². The molecule has 2 aromatic heterocycles. The maximum atomic E-state index is 13.9. The molecule has 1 aliphatic rings. The van der Waals surface area contributed by atoms with Crippen molar-refractivity contribution in [3.05, 3.63) is 100 Å². The molecule has 3 heterocycles. The van der Waals surface area contributed by atoms with Crippen molar-refractivity contribution in [2.45, 2.75) is 22.9 Å². The first-order chi connectivity index (χ1) is 20.6. The number of ether oxygens (including phenoxy) is 1. The van der Waals surface area contributed by atoms with Gasteiger partial charge in [0.25, 0.3) is 0 Å². The summed E-state index contributed by atoms with van der Waals surface area (Å²) in [5.41, 5.74) is -1.34. The fourth-order valence-electron chi connectivity index (χ4n) is 4.26. The maximum Gasteiger partial charge on any atom is 0.417 e. The third-order valence-corrected chi connectivity index (χ3v) is 8.39. The van der Waals surface area contributed by atoms with Gasteiger partial charge in [0, 0.05) is 12.0 Å². The van der Waals surface area contributed by atoms with Crippen molar-refractivity contribution in [1.29, 1.82) is 5.26 Å². The minimum absolute atomic E-state index is 0.00889. The van der Waals surface area contributed by atoms with Crippen molar-refractivity contribution in [3.63, 3.8) is 0 Å². The number of imide groups is 1. The summed E-state index contributed by atoms with van der Waals surface area (Å²) < 4.78 is 46.7. The molecule has 0 bridgehead atoms. The Balaban J connectivity index is 1.32. The van der Waals surface area contributed by atoms with E-state index in [1.54, 1.807) is 53.9 Å². The van der Waals surface area contributed by atoms with Gasteiger partial charge in [-0.3, -0.25) is 14.4 Å². The smallest absolute Gasteiger partial charge is 0.417 e. The molecule has 4 aromatic rings. The fraction of sp³-hybridized carbons (Fsp3) is 0.133. The number of hydrogen-bond acceptors (Lipinski definition) is 9. The summed E-state index contributed by atoms with van der Waals surface area (Å²) in [6.07, 6.45) is -5.19. The van der Waals surface area contributed by atoms with Crippen molar-refractivity contribution in [2.75, 3.05) is 11.5 Å². The number of alkyl halides is 3. The van der Waals surface area contributed by atoms with E-state index in [4.69, 9.17) is 4.74 Å². The molecule has 1 atom stereocenters. The van der Waals surface area contributed by atoms with Crippen LogP contribution in [0.15, 0.2) is 83.2 Å². The molecule has 1 fully saturated rings. The van der Waals surface area contributed by atoms with Crippen LogP contribution in [0, 0.1) is 11.3 Å². The predicted octanol–water partition coefficient (Wildman–Crippen LogP) is 6.16. The number of thioether (sulfide) groups is 1. The topological polar surface area (TPSA) is 117 Å². The number of aromatic nitrogens is 1. The Bertz CT molecular complexity index is 1750. The second-order valence-corrected chi connectivity index (χ2v) is 11.3. The quantitative estimate of drug-likeness (QED) is 0.130. The average Bonchev–Trinajstić information content (AvgIpc) is 3.63. The van der Waals surface area contributed by atoms with Crippen LogP contribution in [-0.2, 0) is 20.5 Å². The number of anilines is 1. The largest absolute Gasteiger partial charge is 0.454 e. The van der Waals surface area contributed by atoms with E-state index in [1.807, 2.05) is 0 Å². The van der Waals surface area contributed by atoms with Gasteiger partial charge in [-0.25, -0.2) is 14.7 Å². The summed E-state index contributed by atoms with van der Waals surface area (Å²) in [6, 6.07) is 19.2. The number of benzene rings is 2. The van der Waals surface area contributed by atoms with Crippen molar-refractivity contribution < 1.29 is 37.1 Å². The molecule has 1 aliphatic heterocycles. The number of hydrogen-bond donors (Lipinski definition) is 0. The lowest BCUT2D eigenvalue weighted by atomic mass is 10.1. The summed E-state index contributed by atoms with van der Waals surface area (Å²) in [5.74, 6) is -2.50. The van der Waals surface area contributed by atoms with Gasteiger partial charge in [0.15, 0.2) is 12.4 Å². The van der Waals surface area contributed by atoms with Crippen molar-refractivity contribution in [3.8, 4) is 16.6 Å². The van der Waals surface area contributed by atoms with Crippen LogP contribution in [-0.4, -0.2) is 40.4 Å². The monoisotopic (exact) mass is 621 g/mol. The molecule has 43 heavy (non-hydrogen) atoms. The number of thiophene rings is 1. The Morgan fingerprint density at radius 1 is 1.05 bits per heavy atom. The third-order valence-electron chi connectivity index (χ3n) is 6.33. The standard InChI is InChI=1S/C30H18F3N3O5S2/c31-30(32,33)21-13-22(24-7-4-12-42-24)35-27(20(21)15-34)43-25-14-26(38)36(28(25)39)19-10-8-18(9-11-19)29(40)41-16-23(37)17-5-2-1-3-6-17/h1-13,25H,14,16H2. The molecule has 216 valence electrons. The number of pyridine rings is 1. The highest BCUT2D eigenvalue weighted by Crippen LogP contribution is 2.41. The molecule has 0 aliphatic carbocycles. The van der Waals surface area contributed by atoms with E-state index in [0.29, 0.717) is 22.2 Å². The van der Waals surface area contributed by atoms with Gasteiger partial charge >= 0.3 is 12.1 Å². The average molecular weight is 622 g/mol. The van der Waals surface area contributed by atoms with Gasteiger partial charge < -0.3 is 4.74 Å². The summed E-state index contributed by atoms with van der Waals surface area (Å²) in [6.45, 7) is -0.477. The Labute approximate surface area is 250 Å². The number of nitrogens with zero attached hydrogens (tertiary/aromatic N) is 3. The molecule has 5 rings (SSSR count). The van der Waals surface area contributed by atoms with E-state index < -0.39 is 46.9 Å². The first kappa shape index (κ1) is 29.7. The number of amides is 2. The fourth-order valence-corrected chi connectivity index (χ4v) is 6.07. The lowest BCUT2D eigenvalue weighted by Gasteiger charge is -2.17. The normalized spacial score (nSPS) is 14.9. The van der Waals surface area contributed by atoms with Gasteiger partial charge in [-0.2, -0.15) is 18.4 Å². The van der Waals surface area contributed by atoms with Crippen LogP contribution >= 0.6 is 23.1 Å². The van der Waals surface area contributed by atoms with Gasteiger partial charge in [0.05, 0.1) is 38.2 Å². The highest BCUT2D eigenvalue weighted by molar-refractivity contribution is 8.00. The molecule has 0 radical (unpaired) electrons. The summed E-state index contributed by atoms with van der Waals surface area (Å²) >= 11 is 1.79. The van der Waals surface area contributed by atoms with E-state index in [-0.39, 0.29) is 34.2 Å². The van der Waals surface area contributed by atoms with Crippen LogP contribution in [0.4, 0.5) is 18.9 Å². The van der Waals surface area contributed by atoms with E-state index >= 15 is 0 Å². The lowest BCUT2D eigenvalue weighted by Crippen LogP contribution is -2.31. The van der Waals surface area contributed by atoms with Gasteiger partial charge in [-0.15, -0.1) is 11.3 Å².